The molecule has 102 valence electrons. The van der Waals surface area contributed by atoms with Crippen LogP contribution in [0.1, 0.15) is 44.0 Å². The number of hydrogen-bond acceptors (Lipinski definition) is 3. The van der Waals surface area contributed by atoms with E-state index in [1.165, 1.54) is 5.56 Å². The first-order valence-corrected chi connectivity index (χ1v) is 6.59. The lowest BCUT2D eigenvalue weighted by atomic mass is 10.1. The van der Waals surface area contributed by atoms with Gasteiger partial charge in [-0.25, -0.2) is 0 Å². The lowest BCUT2D eigenvalue weighted by Crippen LogP contribution is -2.36. The molecule has 0 aliphatic carbocycles. The van der Waals surface area contributed by atoms with Crippen molar-refractivity contribution < 1.29 is 4.74 Å². The van der Waals surface area contributed by atoms with Gasteiger partial charge in [-0.3, -0.25) is 4.98 Å². The van der Waals surface area contributed by atoms with Crippen LogP contribution in [0.3, 0.4) is 0 Å². The fraction of sp³-hybridized carbons (Fsp3) is 0.667. The smallest absolute Gasteiger partial charge is 0.128 e. The highest BCUT2D eigenvalue weighted by molar-refractivity contribution is 5.41. The molecule has 0 spiro atoms. The van der Waals surface area contributed by atoms with Crippen molar-refractivity contribution in [1.29, 1.82) is 0 Å². The molecule has 0 amide bonds. The Morgan fingerprint density at radius 3 is 2.50 bits per heavy atom. The topological polar surface area (TPSA) is 34.1 Å². The molecule has 0 aliphatic rings. The largest absolute Gasteiger partial charge is 0.496 e. The number of aryl methyl sites for hydroxylation is 2. The summed E-state index contributed by atoms with van der Waals surface area (Å²) in [6.45, 7) is 11.7. The van der Waals surface area contributed by atoms with Crippen LogP contribution in [-0.2, 0) is 6.42 Å². The van der Waals surface area contributed by atoms with E-state index in [-0.39, 0.29) is 5.54 Å². The second-order valence-corrected chi connectivity index (χ2v) is 5.83. The second-order valence-electron chi connectivity index (χ2n) is 5.83. The Labute approximate surface area is 111 Å². The molecule has 0 atom stereocenters. The van der Waals surface area contributed by atoms with E-state index in [1.807, 2.05) is 13.1 Å². The van der Waals surface area contributed by atoms with Crippen LogP contribution in [0.25, 0.3) is 0 Å². The molecule has 0 unspecified atom stereocenters. The molecule has 3 nitrogen and oxygen atoms in total. The van der Waals surface area contributed by atoms with E-state index < -0.39 is 0 Å². The molecule has 0 fully saturated rings. The van der Waals surface area contributed by atoms with Crippen LogP contribution >= 0.6 is 0 Å². The van der Waals surface area contributed by atoms with Crippen molar-refractivity contribution in [2.45, 2.75) is 53.0 Å². The third-order valence-electron chi connectivity index (χ3n) is 3.00. The van der Waals surface area contributed by atoms with Crippen LogP contribution in [-0.4, -0.2) is 24.2 Å². The van der Waals surface area contributed by atoms with Gasteiger partial charge in [0.2, 0.25) is 0 Å². The highest BCUT2D eigenvalue weighted by Crippen LogP contribution is 2.24. The maximum absolute atomic E-state index is 5.42. The predicted molar refractivity (Wildman–Crippen MR) is 76.3 cm³/mol. The summed E-state index contributed by atoms with van der Waals surface area (Å²) in [5.74, 6) is 0.976. The van der Waals surface area contributed by atoms with Crippen LogP contribution in [0.5, 0.6) is 5.75 Å². The molecule has 0 aromatic carbocycles. The Hall–Kier alpha value is -1.09. The summed E-state index contributed by atoms with van der Waals surface area (Å²) in [5.41, 5.74) is 3.61. The van der Waals surface area contributed by atoms with E-state index in [9.17, 15) is 0 Å². The molecule has 0 bridgehead atoms. The van der Waals surface area contributed by atoms with Crippen molar-refractivity contribution in [2.75, 3.05) is 13.7 Å². The van der Waals surface area contributed by atoms with Crippen molar-refractivity contribution in [1.82, 2.24) is 10.3 Å². The van der Waals surface area contributed by atoms with Crippen LogP contribution in [0.4, 0.5) is 0 Å². The number of nitrogens with zero attached hydrogens (tertiary/aromatic N) is 1. The minimum absolute atomic E-state index is 0.188. The van der Waals surface area contributed by atoms with Gasteiger partial charge in [0.05, 0.1) is 7.11 Å². The van der Waals surface area contributed by atoms with Crippen LogP contribution in [0.15, 0.2) is 6.20 Å². The van der Waals surface area contributed by atoms with Crippen LogP contribution in [0, 0.1) is 13.8 Å². The molecule has 0 radical (unpaired) electrons. The normalized spacial score (nSPS) is 11.7. The molecule has 1 heterocycles. The molecule has 0 saturated carbocycles. The minimum atomic E-state index is 0.188. The maximum Gasteiger partial charge on any atom is 0.128 e. The SMILES string of the molecule is COc1c(C)cnc(CCCNC(C)(C)C)c1C. The summed E-state index contributed by atoms with van der Waals surface area (Å²) in [4.78, 5) is 4.51. The average molecular weight is 250 g/mol. The summed E-state index contributed by atoms with van der Waals surface area (Å²) in [7, 11) is 1.72. The maximum atomic E-state index is 5.42. The van der Waals surface area contributed by atoms with E-state index in [0.29, 0.717) is 0 Å². The number of methoxy groups -OCH3 is 1. The molecule has 1 rings (SSSR count). The van der Waals surface area contributed by atoms with Crippen molar-refractivity contribution in [2.24, 2.45) is 0 Å². The third kappa shape index (κ3) is 4.30. The zero-order valence-electron chi connectivity index (χ0n) is 12.6. The quantitative estimate of drug-likeness (QED) is 0.816. The number of nitrogens with one attached hydrogen (secondary N) is 1. The van der Waals surface area contributed by atoms with Gasteiger partial charge >= 0.3 is 0 Å². The van der Waals surface area contributed by atoms with E-state index in [4.69, 9.17) is 4.74 Å². The van der Waals surface area contributed by atoms with E-state index in [2.05, 4.69) is 38.0 Å². The fourth-order valence-corrected chi connectivity index (χ4v) is 2.04. The fourth-order valence-electron chi connectivity index (χ4n) is 2.04. The van der Waals surface area contributed by atoms with Crippen molar-refractivity contribution in [3.63, 3.8) is 0 Å². The number of ether oxygens (including phenoxy) is 1. The molecule has 0 aliphatic heterocycles. The van der Waals surface area contributed by atoms with Gasteiger partial charge in [0, 0.05) is 28.6 Å². The number of aromatic nitrogens is 1. The van der Waals surface area contributed by atoms with Gasteiger partial charge in [0.25, 0.3) is 0 Å². The number of hydrogen-bond donors (Lipinski definition) is 1. The van der Waals surface area contributed by atoms with Crippen molar-refractivity contribution in [3.8, 4) is 5.75 Å². The first-order valence-electron chi connectivity index (χ1n) is 6.59. The molecule has 1 aromatic rings. The number of pyridine rings is 1. The van der Waals surface area contributed by atoms with Crippen molar-refractivity contribution >= 4 is 0 Å². The molecule has 3 heteroatoms. The highest BCUT2D eigenvalue weighted by atomic mass is 16.5. The molecule has 1 N–H and O–H groups in total. The minimum Gasteiger partial charge on any atom is -0.496 e. The molecule has 18 heavy (non-hydrogen) atoms. The van der Waals surface area contributed by atoms with Gasteiger partial charge in [-0.05, 0) is 54.0 Å². The van der Waals surface area contributed by atoms with E-state index >= 15 is 0 Å². The summed E-state index contributed by atoms with van der Waals surface area (Å²) in [5, 5.41) is 3.49. The number of rotatable bonds is 5. The summed E-state index contributed by atoms with van der Waals surface area (Å²) >= 11 is 0. The van der Waals surface area contributed by atoms with Gasteiger partial charge in [-0.1, -0.05) is 0 Å². The first-order chi connectivity index (χ1) is 8.35. The summed E-state index contributed by atoms with van der Waals surface area (Å²) in [6.07, 6.45) is 3.99. The van der Waals surface area contributed by atoms with E-state index in [0.717, 1.165) is 36.4 Å². The van der Waals surface area contributed by atoms with Crippen LogP contribution < -0.4 is 10.1 Å². The Bertz CT molecular complexity index is 394. The predicted octanol–water partition coefficient (Wildman–Crippen LogP) is 3.03. The standard InChI is InChI=1S/C15H26N2O/c1-11-10-16-13(12(2)14(11)18-6)8-7-9-17-15(3,4)5/h10,17H,7-9H2,1-6H3. The van der Waals surface area contributed by atoms with Crippen LogP contribution in [0.2, 0.25) is 0 Å². The monoisotopic (exact) mass is 250 g/mol. The first kappa shape index (κ1) is 15.0. The Morgan fingerprint density at radius 2 is 1.94 bits per heavy atom. The third-order valence-corrected chi connectivity index (χ3v) is 3.00. The van der Waals surface area contributed by atoms with Gasteiger partial charge in [-0.15, -0.1) is 0 Å². The zero-order chi connectivity index (χ0) is 13.8. The summed E-state index contributed by atoms with van der Waals surface area (Å²) in [6, 6.07) is 0. The summed E-state index contributed by atoms with van der Waals surface area (Å²) < 4.78 is 5.42. The molecular formula is C15H26N2O. The highest BCUT2D eigenvalue weighted by Gasteiger charge is 2.10. The molecule has 0 saturated heterocycles. The Balaban J connectivity index is 2.58. The van der Waals surface area contributed by atoms with Gasteiger partial charge in [-0.2, -0.15) is 0 Å². The second kappa shape index (κ2) is 6.19. The Kier molecular flexibility index (Phi) is 5.15. The van der Waals surface area contributed by atoms with Crippen molar-refractivity contribution in [3.05, 3.63) is 23.0 Å². The average Bonchev–Trinajstić information content (AvgIpc) is 2.26. The van der Waals surface area contributed by atoms with E-state index in [1.54, 1.807) is 7.11 Å². The lowest BCUT2D eigenvalue weighted by Gasteiger charge is -2.20. The molecular weight excluding hydrogens is 224 g/mol. The van der Waals surface area contributed by atoms with Gasteiger partial charge < -0.3 is 10.1 Å². The zero-order valence-corrected chi connectivity index (χ0v) is 12.6. The lowest BCUT2D eigenvalue weighted by molar-refractivity contribution is 0.405. The van der Waals surface area contributed by atoms with Gasteiger partial charge in [0.15, 0.2) is 0 Å². The Morgan fingerprint density at radius 1 is 1.28 bits per heavy atom. The molecule has 1 aromatic heterocycles. The van der Waals surface area contributed by atoms with Gasteiger partial charge in [0.1, 0.15) is 5.75 Å².